The summed E-state index contributed by atoms with van der Waals surface area (Å²) in [4.78, 5) is 15.3. The predicted molar refractivity (Wildman–Crippen MR) is 140 cm³/mol. The maximum absolute atomic E-state index is 14.4. The van der Waals surface area contributed by atoms with Crippen LogP contribution in [0.4, 0.5) is 0 Å². The summed E-state index contributed by atoms with van der Waals surface area (Å²) in [7, 11) is -5.79. The van der Waals surface area contributed by atoms with Gasteiger partial charge in [-0.25, -0.2) is 16.8 Å². The van der Waals surface area contributed by atoms with Crippen LogP contribution < -0.4 is 0 Å². The number of fused-ring (bicyclic) bond motifs is 3. The van der Waals surface area contributed by atoms with Gasteiger partial charge >= 0.3 is 0 Å². The molecule has 200 valence electrons. The number of carbonyl (C=O) groups is 1. The molecule has 0 unspecified atom stereocenters. The van der Waals surface area contributed by atoms with Gasteiger partial charge < -0.3 is 14.4 Å². The Balaban J connectivity index is 1.76. The van der Waals surface area contributed by atoms with E-state index in [2.05, 4.69) is 0 Å². The predicted octanol–water partition coefficient (Wildman–Crippen LogP) is 3.09. The molecule has 10 heteroatoms. The van der Waals surface area contributed by atoms with Crippen LogP contribution in [-0.4, -0.2) is 64.2 Å². The highest BCUT2D eigenvalue weighted by molar-refractivity contribution is 7.96. The first kappa shape index (κ1) is 26.6. The van der Waals surface area contributed by atoms with Gasteiger partial charge in [0.05, 0.1) is 21.0 Å². The smallest absolute Gasteiger partial charge is 0.228 e. The minimum absolute atomic E-state index is 0.0287. The number of carbonyl (C=O) groups excluding carboxylic acids is 1. The molecule has 3 aromatic carbocycles. The summed E-state index contributed by atoms with van der Waals surface area (Å²) < 4.78 is 68.7. The van der Waals surface area contributed by atoms with Crippen molar-refractivity contribution in [1.82, 2.24) is 4.90 Å². The lowest BCUT2D eigenvalue weighted by Crippen LogP contribution is -2.78. The summed E-state index contributed by atoms with van der Waals surface area (Å²) in [6.45, 7) is 0.0776. The van der Waals surface area contributed by atoms with Gasteiger partial charge in [-0.15, -0.1) is 0 Å². The van der Waals surface area contributed by atoms with Gasteiger partial charge in [-0.3, -0.25) is 4.79 Å². The lowest BCUT2D eigenvalue weighted by Gasteiger charge is -2.59. The first-order valence-corrected chi connectivity index (χ1v) is 15.3. The summed E-state index contributed by atoms with van der Waals surface area (Å²) in [6.07, 6.45) is -0.0909. The second-order valence-corrected chi connectivity index (χ2v) is 13.8. The van der Waals surface area contributed by atoms with Gasteiger partial charge in [0.15, 0.2) is 25.5 Å². The fourth-order valence-electron chi connectivity index (χ4n) is 5.92. The number of hydrogen-bond donors (Lipinski definition) is 0. The minimum Gasteiger partial charge on any atom is -0.351 e. The van der Waals surface area contributed by atoms with Gasteiger partial charge in [0, 0.05) is 27.2 Å². The van der Waals surface area contributed by atoms with Crippen molar-refractivity contribution in [2.45, 2.75) is 45.1 Å². The van der Waals surface area contributed by atoms with Crippen LogP contribution in [0.25, 0.3) is 0 Å². The molecule has 2 bridgehead atoms. The molecule has 3 aromatic rings. The zero-order valence-corrected chi connectivity index (χ0v) is 22.6. The fraction of sp³-hybridized carbons (Fsp3) is 0.321. The highest BCUT2D eigenvalue weighted by Crippen LogP contribution is 2.51. The van der Waals surface area contributed by atoms with Crippen molar-refractivity contribution >= 4 is 25.6 Å². The zero-order valence-electron chi connectivity index (χ0n) is 21.0. The Labute approximate surface area is 223 Å². The SMILES string of the molecule is COC1(OC)C[C@H]2C(=O)N(Cc3ccccc3)[C@@H]1[C@H](S(=O)(=O)c1ccccc1)[C@H]2S(=O)(=O)c1ccccc1. The normalized spacial score (nSPS) is 24.9. The van der Waals surface area contributed by atoms with E-state index in [0.717, 1.165) is 5.56 Å². The molecule has 3 fully saturated rings. The van der Waals surface area contributed by atoms with Crippen LogP contribution in [0.5, 0.6) is 0 Å². The standard InChI is InChI=1S/C28H29NO7S2/c1-35-28(36-2)18-23-24(37(31,32)21-14-8-4-9-15-21)25(38(33,34)22-16-10-5-11-17-22)26(28)29(27(23)30)19-20-12-6-3-7-13-20/h3-17,23-26H,18-19H2,1-2H3/t23-,24+,25-,26-/m1/s1. The second-order valence-electron chi connectivity index (χ2n) is 9.57. The van der Waals surface area contributed by atoms with Gasteiger partial charge in [-0.2, -0.15) is 0 Å². The summed E-state index contributed by atoms with van der Waals surface area (Å²) in [5.41, 5.74) is 0.771. The molecule has 0 spiro atoms. The lowest BCUT2D eigenvalue weighted by molar-refractivity contribution is -0.277. The van der Waals surface area contributed by atoms with Crippen molar-refractivity contribution < 1.29 is 31.1 Å². The van der Waals surface area contributed by atoms with Crippen molar-refractivity contribution in [2.75, 3.05) is 14.2 Å². The molecule has 3 aliphatic rings. The van der Waals surface area contributed by atoms with Crippen molar-refractivity contribution in [1.29, 1.82) is 0 Å². The number of ether oxygens (including phenoxy) is 2. The Morgan fingerprint density at radius 1 is 0.737 bits per heavy atom. The third-order valence-electron chi connectivity index (χ3n) is 7.67. The lowest BCUT2D eigenvalue weighted by atomic mass is 9.73. The Bertz CT molecular complexity index is 1510. The summed E-state index contributed by atoms with van der Waals surface area (Å²) in [5.74, 6) is -3.17. The number of amides is 1. The average Bonchev–Trinajstić information content (AvgIpc) is 2.95. The van der Waals surface area contributed by atoms with Gasteiger partial charge in [-0.05, 0) is 29.8 Å². The molecule has 0 radical (unpaired) electrons. The van der Waals surface area contributed by atoms with Crippen LogP contribution in [0.3, 0.4) is 0 Å². The van der Waals surface area contributed by atoms with E-state index in [4.69, 9.17) is 9.47 Å². The largest absolute Gasteiger partial charge is 0.351 e. The van der Waals surface area contributed by atoms with Gasteiger partial charge in [0.2, 0.25) is 5.91 Å². The molecule has 1 aliphatic carbocycles. The Hall–Kier alpha value is -3.05. The molecule has 1 amide bonds. The molecule has 38 heavy (non-hydrogen) atoms. The first-order chi connectivity index (χ1) is 18.2. The Kier molecular flexibility index (Phi) is 6.93. The maximum atomic E-state index is 14.4. The molecule has 0 aromatic heterocycles. The van der Waals surface area contributed by atoms with Crippen LogP contribution in [0.2, 0.25) is 0 Å². The van der Waals surface area contributed by atoms with Crippen LogP contribution >= 0.6 is 0 Å². The number of piperidine rings is 2. The number of nitrogens with zero attached hydrogens (tertiary/aromatic N) is 1. The van der Waals surface area contributed by atoms with Crippen LogP contribution in [0.1, 0.15) is 12.0 Å². The van der Waals surface area contributed by atoms with Crippen molar-refractivity contribution in [3.05, 3.63) is 96.6 Å². The molecule has 2 aliphatic heterocycles. The van der Waals surface area contributed by atoms with Gasteiger partial charge in [-0.1, -0.05) is 66.7 Å². The maximum Gasteiger partial charge on any atom is 0.228 e. The second kappa shape index (κ2) is 9.92. The van der Waals surface area contributed by atoms with E-state index in [1.54, 1.807) is 36.4 Å². The Morgan fingerprint density at radius 3 is 1.66 bits per heavy atom. The van der Waals surface area contributed by atoms with Crippen LogP contribution in [0.15, 0.2) is 101 Å². The van der Waals surface area contributed by atoms with E-state index in [1.165, 1.54) is 43.4 Å². The molecular weight excluding hydrogens is 526 g/mol. The number of rotatable bonds is 8. The number of benzene rings is 3. The number of sulfone groups is 2. The molecular formula is C28H29NO7S2. The van der Waals surface area contributed by atoms with Gasteiger partial charge in [0.25, 0.3) is 0 Å². The van der Waals surface area contributed by atoms with Crippen molar-refractivity contribution in [3.63, 3.8) is 0 Å². The first-order valence-electron chi connectivity index (χ1n) is 12.2. The van der Waals surface area contributed by atoms with Crippen LogP contribution in [0, 0.1) is 5.92 Å². The topological polar surface area (TPSA) is 107 Å². The van der Waals surface area contributed by atoms with E-state index >= 15 is 0 Å². The Morgan fingerprint density at radius 2 is 1.18 bits per heavy atom. The molecule has 2 heterocycles. The quantitative estimate of drug-likeness (QED) is 0.393. The third-order valence-corrected chi connectivity index (χ3v) is 12.3. The fourth-order valence-corrected chi connectivity index (χ4v) is 10.9. The third kappa shape index (κ3) is 4.16. The molecule has 1 saturated carbocycles. The highest BCUT2D eigenvalue weighted by atomic mass is 32.2. The molecule has 4 atom stereocenters. The zero-order chi connectivity index (χ0) is 27.1. The monoisotopic (exact) mass is 555 g/mol. The van der Waals surface area contributed by atoms with Gasteiger partial charge in [0.1, 0.15) is 11.3 Å². The highest BCUT2D eigenvalue weighted by Gasteiger charge is 2.70. The van der Waals surface area contributed by atoms with E-state index in [-0.39, 0.29) is 22.8 Å². The average molecular weight is 556 g/mol. The van der Waals surface area contributed by atoms with E-state index in [9.17, 15) is 21.6 Å². The molecule has 8 nitrogen and oxygen atoms in total. The van der Waals surface area contributed by atoms with E-state index < -0.39 is 53.8 Å². The van der Waals surface area contributed by atoms with E-state index in [0.29, 0.717) is 0 Å². The summed E-state index contributed by atoms with van der Waals surface area (Å²) >= 11 is 0. The molecule has 2 saturated heterocycles. The van der Waals surface area contributed by atoms with Crippen LogP contribution in [-0.2, 0) is 40.5 Å². The van der Waals surface area contributed by atoms with Crippen molar-refractivity contribution in [2.24, 2.45) is 5.92 Å². The minimum atomic E-state index is -4.31. The van der Waals surface area contributed by atoms with Crippen molar-refractivity contribution in [3.8, 4) is 0 Å². The molecule has 6 rings (SSSR count). The number of methoxy groups -OCH3 is 2. The molecule has 0 N–H and O–H groups in total. The number of hydrogen-bond acceptors (Lipinski definition) is 7. The summed E-state index contributed by atoms with van der Waals surface area (Å²) in [6, 6.07) is 23.3. The summed E-state index contributed by atoms with van der Waals surface area (Å²) in [5, 5.41) is -3.08. The van der Waals surface area contributed by atoms with E-state index in [1.807, 2.05) is 30.3 Å².